The molecule has 1 saturated heterocycles. The van der Waals surface area contributed by atoms with Crippen LogP contribution >= 0.6 is 0 Å². The summed E-state index contributed by atoms with van der Waals surface area (Å²) in [7, 11) is 0. The first-order chi connectivity index (χ1) is 10.4. The zero-order valence-corrected chi connectivity index (χ0v) is 15.4. The molecule has 0 amide bonds. The number of ether oxygens (including phenoxy) is 1. The van der Waals surface area contributed by atoms with E-state index in [1.54, 1.807) is 0 Å². The summed E-state index contributed by atoms with van der Waals surface area (Å²) < 4.78 is 5.44. The minimum atomic E-state index is 0.185. The van der Waals surface area contributed by atoms with Crippen LogP contribution in [0.25, 0.3) is 0 Å². The van der Waals surface area contributed by atoms with Crippen LogP contribution in [0.3, 0.4) is 0 Å². The molecule has 3 atom stereocenters. The second-order valence-corrected chi connectivity index (χ2v) is 7.90. The maximum absolute atomic E-state index is 8.84. The summed E-state index contributed by atoms with van der Waals surface area (Å²) in [6.45, 7) is 10.3. The first kappa shape index (κ1) is 19.7. The normalized spacial score (nSPS) is 24.3. The van der Waals surface area contributed by atoms with Crippen molar-refractivity contribution in [2.24, 2.45) is 11.8 Å². The van der Waals surface area contributed by atoms with Gasteiger partial charge in [-0.2, -0.15) is 0 Å². The van der Waals surface area contributed by atoms with Crippen LogP contribution in [0, 0.1) is 11.8 Å². The molecule has 0 aromatic carbocycles. The largest absolute Gasteiger partial charge is 0.392 e. The molecule has 1 aliphatic rings. The molecule has 1 N–H and O–H groups in total. The Morgan fingerprint density at radius 1 is 1.09 bits per heavy atom. The van der Waals surface area contributed by atoms with E-state index in [-0.39, 0.29) is 12.2 Å². The molecule has 0 radical (unpaired) electrons. The molecule has 130 valence electrons. The fourth-order valence-corrected chi connectivity index (χ4v) is 3.18. The molecule has 1 heterocycles. The number of hydrogen-bond donors (Lipinski definition) is 1. The highest BCUT2D eigenvalue weighted by atomic mass is 16.6. The Balaban J connectivity index is 1.94. The number of rotatable bonds is 13. The lowest BCUT2D eigenvalue weighted by molar-refractivity contribution is 0.293. The number of aliphatic hydroxyl groups excluding tert-OH is 1. The third-order valence-electron chi connectivity index (χ3n) is 5.14. The van der Waals surface area contributed by atoms with Crippen molar-refractivity contribution in [3.8, 4) is 0 Å². The molecule has 1 rings (SSSR count). The van der Waals surface area contributed by atoms with E-state index in [1.807, 2.05) is 6.08 Å². The summed E-state index contributed by atoms with van der Waals surface area (Å²) in [5.74, 6) is 1.71. The first-order valence-electron chi connectivity index (χ1n) is 9.35. The Morgan fingerprint density at radius 3 is 2.18 bits per heavy atom. The summed E-state index contributed by atoms with van der Waals surface area (Å²) in [6.07, 6.45) is 13.7. The van der Waals surface area contributed by atoms with E-state index in [4.69, 9.17) is 9.84 Å². The van der Waals surface area contributed by atoms with E-state index in [0.717, 1.165) is 24.9 Å². The van der Waals surface area contributed by atoms with Crippen molar-refractivity contribution in [3.63, 3.8) is 0 Å². The van der Waals surface area contributed by atoms with Crippen molar-refractivity contribution in [3.05, 3.63) is 11.6 Å². The molecular formula is C20H38O2. The van der Waals surface area contributed by atoms with Crippen LogP contribution in [0.1, 0.15) is 85.5 Å². The van der Waals surface area contributed by atoms with Crippen LogP contribution in [0.4, 0.5) is 0 Å². The molecule has 2 nitrogen and oxygen atoms in total. The summed E-state index contributed by atoms with van der Waals surface area (Å²) in [4.78, 5) is 0. The predicted molar refractivity (Wildman–Crippen MR) is 95.1 cm³/mol. The topological polar surface area (TPSA) is 32.8 Å². The zero-order valence-electron chi connectivity index (χ0n) is 15.4. The quantitative estimate of drug-likeness (QED) is 0.360. The summed E-state index contributed by atoms with van der Waals surface area (Å²) in [5, 5.41) is 8.84. The van der Waals surface area contributed by atoms with Crippen LogP contribution in [-0.4, -0.2) is 23.9 Å². The lowest BCUT2D eigenvalue weighted by atomic mass is 9.91. The molecule has 2 heteroatoms. The van der Waals surface area contributed by atoms with Gasteiger partial charge in [0.2, 0.25) is 0 Å². The third-order valence-corrected chi connectivity index (χ3v) is 5.14. The van der Waals surface area contributed by atoms with E-state index in [0.29, 0.717) is 0 Å². The van der Waals surface area contributed by atoms with E-state index in [1.165, 1.54) is 56.9 Å². The molecule has 0 aromatic rings. The Morgan fingerprint density at radius 2 is 1.64 bits per heavy atom. The maximum atomic E-state index is 8.84. The smallest absolute Gasteiger partial charge is 0.0888 e. The van der Waals surface area contributed by atoms with Crippen molar-refractivity contribution in [1.29, 1.82) is 0 Å². The second kappa shape index (κ2) is 10.4. The van der Waals surface area contributed by atoms with Gasteiger partial charge in [-0.1, -0.05) is 64.0 Å². The third kappa shape index (κ3) is 9.63. The Labute approximate surface area is 138 Å². The number of allylic oxidation sites excluding steroid dienone is 1. The summed E-state index contributed by atoms with van der Waals surface area (Å²) in [5.41, 5.74) is 1.58. The van der Waals surface area contributed by atoms with Crippen LogP contribution in [0.5, 0.6) is 0 Å². The van der Waals surface area contributed by atoms with Crippen molar-refractivity contribution in [2.75, 3.05) is 13.2 Å². The molecule has 1 fully saturated rings. The maximum Gasteiger partial charge on any atom is 0.0888 e. The average molecular weight is 311 g/mol. The molecule has 0 spiro atoms. The molecule has 0 bridgehead atoms. The molecule has 1 unspecified atom stereocenters. The Bertz CT molecular complexity index is 318. The van der Waals surface area contributed by atoms with Gasteiger partial charge in [0.05, 0.1) is 18.8 Å². The highest BCUT2D eigenvalue weighted by Crippen LogP contribution is 2.32. The van der Waals surface area contributed by atoms with Gasteiger partial charge in [-0.25, -0.2) is 0 Å². The van der Waals surface area contributed by atoms with Crippen LogP contribution in [0.2, 0.25) is 0 Å². The van der Waals surface area contributed by atoms with E-state index in [9.17, 15) is 0 Å². The average Bonchev–Trinajstić information content (AvgIpc) is 3.17. The Hall–Kier alpha value is -0.340. The fourth-order valence-electron chi connectivity index (χ4n) is 3.18. The number of hydrogen-bond acceptors (Lipinski definition) is 2. The zero-order chi connectivity index (χ0) is 16.4. The van der Waals surface area contributed by atoms with Crippen molar-refractivity contribution in [2.45, 2.75) is 91.1 Å². The van der Waals surface area contributed by atoms with E-state index in [2.05, 4.69) is 27.7 Å². The molecule has 22 heavy (non-hydrogen) atoms. The van der Waals surface area contributed by atoms with Gasteiger partial charge < -0.3 is 9.84 Å². The SMILES string of the molecule is C/C(=C\CO)CCC[C@H](C)CCC[C@H](C)CCCC1(C)CO1. The van der Waals surface area contributed by atoms with Crippen LogP contribution < -0.4 is 0 Å². The lowest BCUT2D eigenvalue weighted by Gasteiger charge is -2.15. The van der Waals surface area contributed by atoms with Gasteiger partial charge in [-0.05, 0) is 44.9 Å². The summed E-state index contributed by atoms with van der Waals surface area (Å²) in [6, 6.07) is 0. The van der Waals surface area contributed by atoms with Gasteiger partial charge in [0.15, 0.2) is 0 Å². The monoisotopic (exact) mass is 310 g/mol. The number of epoxide rings is 1. The lowest BCUT2D eigenvalue weighted by Crippen LogP contribution is -2.05. The van der Waals surface area contributed by atoms with Crippen molar-refractivity contribution < 1.29 is 9.84 Å². The molecule has 0 saturated carbocycles. The predicted octanol–water partition coefficient (Wildman–Crippen LogP) is 5.50. The standard InChI is InChI=1S/C20H38O2/c1-17(9-6-11-19(3)13-15-21)8-5-10-18(2)12-7-14-20(4)16-22-20/h13,17-18,21H,5-12,14-16H2,1-4H3/b19-13+/t17-,18+,20?/m1/s1. The Kier molecular flexibility index (Phi) is 9.35. The van der Waals surface area contributed by atoms with E-state index < -0.39 is 0 Å². The molecular weight excluding hydrogens is 272 g/mol. The highest BCUT2D eigenvalue weighted by Gasteiger charge is 2.38. The number of aliphatic hydroxyl groups is 1. The van der Waals surface area contributed by atoms with Crippen molar-refractivity contribution in [1.82, 2.24) is 0 Å². The molecule has 0 aliphatic carbocycles. The molecule has 0 aromatic heterocycles. The minimum Gasteiger partial charge on any atom is -0.392 e. The highest BCUT2D eigenvalue weighted by molar-refractivity contribution is 4.97. The fraction of sp³-hybridized carbons (Fsp3) is 0.900. The van der Waals surface area contributed by atoms with Gasteiger partial charge in [0, 0.05) is 0 Å². The van der Waals surface area contributed by atoms with Gasteiger partial charge >= 0.3 is 0 Å². The summed E-state index contributed by atoms with van der Waals surface area (Å²) >= 11 is 0. The van der Waals surface area contributed by atoms with E-state index >= 15 is 0 Å². The van der Waals surface area contributed by atoms with Gasteiger partial charge in [0.25, 0.3) is 0 Å². The van der Waals surface area contributed by atoms with Gasteiger partial charge in [-0.3, -0.25) is 0 Å². The minimum absolute atomic E-state index is 0.185. The van der Waals surface area contributed by atoms with Gasteiger partial charge in [-0.15, -0.1) is 0 Å². The first-order valence-corrected chi connectivity index (χ1v) is 9.35. The van der Waals surface area contributed by atoms with Gasteiger partial charge in [0.1, 0.15) is 0 Å². The van der Waals surface area contributed by atoms with Crippen molar-refractivity contribution >= 4 is 0 Å². The second-order valence-electron chi connectivity index (χ2n) is 7.90. The molecule has 1 aliphatic heterocycles. The van der Waals surface area contributed by atoms with Crippen LogP contribution in [-0.2, 0) is 4.74 Å². The van der Waals surface area contributed by atoms with Crippen LogP contribution in [0.15, 0.2) is 11.6 Å².